The Morgan fingerprint density at radius 3 is 2.19 bits per heavy atom. The number of hydrogen-bond donors (Lipinski definition) is 0. The molecule has 4 heteroatoms. The summed E-state index contributed by atoms with van der Waals surface area (Å²) < 4.78 is 38.4. The van der Waals surface area contributed by atoms with Crippen molar-refractivity contribution in [3.8, 4) is 11.3 Å². The molecule has 0 atom stereocenters. The molecule has 1 aromatic heterocycles. The van der Waals surface area contributed by atoms with Crippen LogP contribution in [0, 0.1) is 13.8 Å². The molecule has 4 rings (SSSR count). The third kappa shape index (κ3) is 3.52. The Morgan fingerprint density at radius 1 is 0.778 bits per heavy atom. The molecular weight excluding hydrogens is 347 g/mol. The van der Waals surface area contributed by atoms with Crippen molar-refractivity contribution in [1.82, 2.24) is 4.98 Å². The highest BCUT2D eigenvalue weighted by Crippen LogP contribution is 2.33. The molecule has 0 unspecified atom stereocenters. The number of aryl methyl sites for hydroxylation is 2. The molecule has 0 spiro atoms. The van der Waals surface area contributed by atoms with Gasteiger partial charge in [0.1, 0.15) is 0 Å². The second-order valence-electron chi connectivity index (χ2n) is 7.04. The average molecular weight is 365 g/mol. The van der Waals surface area contributed by atoms with E-state index in [1.54, 1.807) is 24.4 Å². The highest BCUT2D eigenvalue weighted by Gasteiger charge is 2.27. The van der Waals surface area contributed by atoms with Gasteiger partial charge < -0.3 is 0 Å². The zero-order chi connectivity index (χ0) is 19.2. The van der Waals surface area contributed by atoms with Crippen LogP contribution < -0.4 is 0 Å². The normalized spacial score (nSPS) is 12.0. The fourth-order valence-corrected chi connectivity index (χ4v) is 3.71. The third-order valence-corrected chi connectivity index (χ3v) is 4.73. The summed E-state index contributed by atoms with van der Waals surface area (Å²) in [5.74, 6) is 0. The van der Waals surface area contributed by atoms with Gasteiger partial charge in [0.05, 0.1) is 12.1 Å². The van der Waals surface area contributed by atoms with E-state index in [-0.39, 0.29) is 5.56 Å². The van der Waals surface area contributed by atoms with Gasteiger partial charge >= 0.3 is 6.18 Å². The average Bonchev–Trinajstić information content (AvgIpc) is 2.58. The number of alkyl halides is 3. The molecule has 0 radical (unpaired) electrons. The number of pyridine rings is 1. The molecule has 1 heterocycles. The van der Waals surface area contributed by atoms with E-state index in [0.717, 1.165) is 43.9 Å². The monoisotopic (exact) mass is 365 g/mol. The van der Waals surface area contributed by atoms with E-state index in [1.807, 2.05) is 32.0 Å². The van der Waals surface area contributed by atoms with Gasteiger partial charge in [-0.25, -0.2) is 0 Å². The number of hydrogen-bond acceptors (Lipinski definition) is 1. The lowest BCUT2D eigenvalue weighted by Gasteiger charge is -2.12. The van der Waals surface area contributed by atoms with Crippen LogP contribution in [0.25, 0.3) is 32.8 Å². The number of fused-ring (bicyclic) bond motifs is 3. The fourth-order valence-electron chi connectivity index (χ4n) is 3.71. The third-order valence-electron chi connectivity index (χ3n) is 4.73. The van der Waals surface area contributed by atoms with E-state index in [2.05, 4.69) is 23.2 Å². The summed E-state index contributed by atoms with van der Waals surface area (Å²) in [7, 11) is 0. The molecule has 0 fully saturated rings. The topological polar surface area (TPSA) is 12.9 Å². The van der Waals surface area contributed by atoms with Crippen molar-refractivity contribution in [2.45, 2.75) is 26.4 Å². The molecule has 0 aliphatic heterocycles. The summed E-state index contributed by atoms with van der Waals surface area (Å²) in [6.45, 7) is 4.08. The van der Waals surface area contributed by atoms with Crippen LogP contribution in [0.2, 0.25) is 0 Å². The predicted molar refractivity (Wildman–Crippen MR) is 104 cm³/mol. The van der Waals surface area contributed by atoms with Gasteiger partial charge in [0, 0.05) is 17.1 Å². The Bertz CT molecular complexity index is 1140. The second-order valence-corrected chi connectivity index (χ2v) is 7.04. The van der Waals surface area contributed by atoms with Gasteiger partial charge in [-0.3, -0.25) is 4.98 Å². The molecule has 136 valence electrons. The second kappa shape index (κ2) is 6.38. The molecule has 0 aliphatic carbocycles. The Labute approximate surface area is 155 Å². The molecule has 1 nitrogen and oxygen atoms in total. The SMILES string of the molecule is Cc1cc(C)cc(-c2nccc3c2ccc2ccc(CC(F)(F)F)cc23)c1. The zero-order valence-electron chi connectivity index (χ0n) is 15.1. The van der Waals surface area contributed by atoms with Crippen molar-refractivity contribution in [3.63, 3.8) is 0 Å². The van der Waals surface area contributed by atoms with E-state index in [1.165, 1.54) is 0 Å². The molecule has 0 saturated carbocycles. The molecule has 0 bridgehead atoms. The number of nitrogens with zero attached hydrogens (tertiary/aromatic N) is 1. The first kappa shape index (κ1) is 17.5. The molecule has 27 heavy (non-hydrogen) atoms. The molecule has 3 aromatic carbocycles. The summed E-state index contributed by atoms with van der Waals surface area (Å²) in [6.07, 6.45) is -3.41. The number of aromatic nitrogens is 1. The number of halogens is 3. The summed E-state index contributed by atoms with van der Waals surface area (Å²) in [5, 5.41) is 3.60. The maximum Gasteiger partial charge on any atom is 0.393 e. The minimum atomic E-state index is -4.22. The molecule has 0 saturated heterocycles. The molecular formula is C23H18F3N. The van der Waals surface area contributed by atoms with Crippen molar-refractivity contribution >= 4 is 21.5 Å². The van der Waals surface area contributed by atoms with Crippen LogP contribution in [0.1, 0.15) is 16.7 Å². The lowest BCUT2D eigenvalue weighted by Crippen LogP contribution is -2.11. The van der Waals surface area contributed by atoms with Gasteiger partial charge in [0.25, 0.3) is 0 Å². The van der Waals surface area contributed by atoms with Crippen LogP contribution in [0.4, 0.5) is 13.2 Å². The van der Waals surface area contributed by atoms with Gasteiger partial charge in [0.2, 0.25) is 0 Å². The molecule has 0 N–H and O–H groups in total. The quantitative estimate of drug-likeness (QED) is 0.357. The highest BCUT2D eigenvalue weighted by molar-refractivity contribution is 6.11. The van der Waals surface area contributed by atoms with Gasteiger partial charge in [-0.1, -0.05) is 47.5 Å². The van der Waals surface area contributed by atoms with Crippen LogP contribution in [0.5, 0.6) is 0 Å². The van der Waals surface area contributed by atoms with Crippen molar-refractivity contribution in [2.75, 3.05) is 0 Å². The van der Waals surface area contributed by atoms with Crippen molar-refractivity contribution < 1.29 is 13.2 Å². The van der Waals surface area contributed by atoms with Crippen molar-refractivity contribution in [3.05, 3.63) is 77.5 Å². The Kier molecular flexibility index (Phi) is 4.14. The van der Waals surface area contributed by atoms with Crippen LogP contribution >= 0.6 is 0 Å². The minimum Gasteiger partial charge on any atom is -0.256 e. The highest BCUT2D eigenvalue weighted by atomic mass is 19.4. The van der Waals surface area contributed by atoms with E-state index in [0.29, 0.717) is 0 Å². The van der Waals surface area contributed by atoms with Gasteiger partial charge in [-0.15, -0.1) is 0 Å². The van der Waals surface area contributed by atoms with Gasteiger partial charge in [0.15, 0.2) is 0 Å². The predicted octanol–water partition coefficient (Wildman–Crippen LogP) is 6.78. The van der Waals surface area contributed by atoms with E-state index < -0.39 is 12.6 Å². The summed E-state index contributed by atoms with van der Waals surface area (Å²) in [6, 6.07) is 17.0. The maximum absolute atomic E-state index is 12.8. The first-order chi connectivity index (χ1) is 12.8. The Morgan fingerprint density at radius 2 is 1.48 bits per heavy atom. The largest absolute Gasteiger partial charge is 0.393 e. The lowest BCUT2D eigenvalue weighted by molar-refractivity contribution is -0.127. The first-order valence-electron chi connectivity index (χ1n) is 8.76. The zero-order valence-corrected chi connectivity index (χ0v) is 15.1. The van der Waals surface area contributed by atoms with Crippen molar-refractivity contribution in [2.24, 2.45) is 0 Å². The number of benzene rings is 3. The summed E-state index contributed by atoms with van der Waals surface area (Å²) in [4.78, 5) is 4.57. The lowest BCUT2D eigenvalue weighted by atomic mass is 9.96. The maximum atomic E-state index is 12.8. The Balaban J connectivity index is 1.96. The smallest absolute Gasteiger partial charge is 0.256 e. The fraction of sp³-hybridized carbons (Fsp3) is 0.174. The molecule has 4 aromatic rings. The van der Waals surface area contributed by atoms with Crippen LogP contribution in [0.3, 0.4) is 0 Å². The summed E-state index contributed by atoms with van der Waals surface area (Å²) in [5.41, 5.74) is 4.44. The molecule has 0 amide bonds. The van der Waals surface area contributed by atoms with Crippen LogP contribution in [0.15, 0.2) is 60.8 Å². The summed E-state index contributed by atoms with van der Waals surface area (Å²) >= 11 is 0. The number of rotatable bonds is 2. The Hall–Kier alpha value is -2.88. The van der Waals surface area contributed by atoms with Crippen LogP contribution in [-0.4, -0.2) is 11.2 Å². The first-order valence-corrected chi connectivity index (χ1v) is 8.76. The van der Waals surface area contributed by atoms with E-state index >= 15 is 0 Å². The van der Waals surface area contributed by atoms with Crippen LogP contribution in [-0.2, 0) is 6.42 Å². The van der Waals surface area contributed by atoms with E-state index in [4.69, 9.17) is 0 Å². The van der Waals surface area contributed by atoms with Gasteiger partial charge in [-0.2, -0.15) is 13.2 Å². The minimum absolute atomic E-state index is 0.271. The van der Waals surface area contributed by atoms with E-state index in [9.17, 15) is 13.2 Å². The van der Waals surface area contributed by atoms with Crippen molar-refractivity contribution in [1.29, 1.82) is 0 Å². The molecule has 0 aliphatic rings. The van der Waals surface area contributed by atoms with Gasteiger partial charge in [-0.05, 0) is 53.8 Å². The standard InChI is InChI=1S/C23H18F3N/c1-14-9-15(2)11-18(10-14)22-20-6-5-17-4-3-16(13-23(24,25)26)12-21(17)19(20)7-8-27-22/h3-12H,13H2,1-2H3.